The Labute approximate surface area is 104 Å². The summed E-state index contributed by atoms with van der Waals surface area (Å²) in [6.07, 6.45) is 3.89. The Morgan fingerprint density at radius 3 is 2.88 bits per heavy atom. The van der Waals surface area contributed by atoms with Crippen LogP contribution in [0.4, 0.5) is 0 Å². The summed E-state index contributed by atoms with van der Waals surface area (Å²) in [5, 5.41) is 8.92. The van der Waals surface area contributed by atoms with Gasteiger partial charge in [-0.2, -0.15) is 5.26 Å². The molecule has 1 atom stereocenters. The second kappa shape index (κ2) is 6.02. The third kappa shape index (κ3) is 4.74. The number of hydrogen-bond acceptors (Lipinski definition) is 3. The molecule has 0 aromatic carbocycles. The summed E-state index contributed by atoms with van der Waals surface area (Å²) >= 11 is 0. The molecule has 0 bridgehead atoms. The molecule has 17 heavy (non-hydrogen) atoms. The molecule has 0 aliphatic carbocycles. The maximum absolute atomic E-state index is 11.1. The lowest BCUT2D eigenvalue weighted by Gasteiger charge is -2.31. The molecule has 0 radical (unpaired) electrons. The average molecular weight is 237 g/mol. The maximum Gasteiger partial charge on any atom is 0.221 e. The normalized spacial score (nSPS) is 22.1. The van der Waals surface area contributed by atoms with Crippen LogP contribution in [0.25, 0.3) is 0 Å². The number of nitriles is 1. The maximum atomic E-state index is 11.1. The van der Waals surface area contributed by atoms with Crippen LogP contribution in [-0.2, 0) is 4.79 Å². The van der Waals surface area contributed by atoms with Gasteiger partial charge in [0.15, 0.2) is 0 Å². The van der Waals surface area contributed by atoms with Crippen molar-refractivity contribution in [3.8, 4) is 6.07 Å². The molecule has 0 saturated carbocycles. The summed E-state index contributed by atoms with van der Waals surface area (Å²) in [7, 11) is 0. The second-order valence-electron chi connectivity index (χ2n) is 5.64. The van der Waals surface area contributed by atoms with Crippen LogP contribution in [0.3, 0.4) is 0 Å². The molecule has 1 unspecified atom stereocenters. The zero-order valence-electron chi connectivity index (χ0n) is 10.9. The number of nitrogens with zero attached hydrogens (tertiary/aromatic N) is 2. The Hall–Kier alpha value is -1.08. The Balaban J connectivity index is 2.28. The van der Waals surface area contributed by atoms with Gasteiger partial charge in [-0.1, -0.05) is 0 Å². The molecule has 1 rings (SSSR count). The minimum absolute atomic E-state index is 0.0210. The molecular formula is C13H23N3O. The van der Waals surface area contributed by atoms with Gasteiger partial charge in [-0.15, -0.1) is 0 Å². The molecule has 4 nitrogen and oxygen atoms in total. The number of amides is 1. The molecule has 1 heterocycles. The SMILES string of the molecule is CC(C)(C#N)CCCN1CCCC(C(N)=O)C1. The van der Waals surface area contributed by atoms with Gasteiger partial charge < -0.3 is 10.6 Å². The smallest absolute Gasteiger partial charge is 0.221 e. The number of nitrogens with two attached hydrogens (primary N) is 1. The number of hydrogen-bond donors (Lipinski definition) is 1. The van der Waals surface area contributed by atoms with Gasteiger partial charge in [0.05, 0.1) is 17.4 Å². The molecule has 1 amide bonds. The zero-order chi connectivity index (χ0) is 12.9. The van der Waals surface area contributed by atoms with Crippen molar-refractivity contribution in [1.82, 2.24) is 4.90 Å². The monoisotopic (exact) mass is 237 g/mol. The number of rotatable bonds is 5. The van der Waals surface area contributed by atoms with Crippen molar-refractivity contribution in [3.63, 3.8) is 0 Å². The van der Waals surface area contributed by atoms with Crippen molar-refractivity contribution in [2.24, 2.45) is 17.1 Å². The van der Waals surface area contributed by atoms with Crippen LogP contribution in [0.2, 0.25) is 0 Å². The van der Waals surface area contributed by atoms with E-state index in [0.717, 1.165) is 45.3 Å². The van der Waals surface area contributed by atoms with Gasteiger partial charge in [-0.3, -0.25) is 4.79 Å². The largest absolute Gasteiger partial charge is 0.369 e. The van der Waals surface area contributed by atoms with E-state index in [1.165, 1.54) is 0 Å². The molecule has 96 valence electrons. The van der Waals surface area contributed by atoms with Crippen molar-refractivity contribution in [1.29, 1.82) is 5.26 Å². The van der Waals surface area contributed by atoms with Crippen molar-refractivity contribution < 1.29 is 4.79 Å². The van der Waals surface area contributed by atoms with E-state index in [2.05, 4.69) is 11.0 Å². The van der Waals surface area contributed by atoms with E-state index in [-0.39, 0.29) is 17.2 Å². The van der Waals surface area contributed by atoms with E-state index in [1.54, 1.807) is 0 Å². The molecule has 1 aliphatic heterocycles. The molecule has 0 spiro atoms. The first kappa shape index (κ1) is 14.0. The Morgan fingerprint density at radius 2 is 2.29 bits per heavy atom. The predicted octanol–water partition coefficient (Wildman–Crippen LogP) is 1.51. The van der Waals surface area contributed by atoms with E-state index >= 15 is 0 Å². The quantitative estimate of drug-likeness (QED) is 0.788. The molecule has 2 N–H and O–H groups in total. The van der Waals surface area contributed by atoms with Crippen molar-refractivity contribution in [2.45, 2.75) is 39.5 Å². The Bertz CT molecular complexity index is 306. The van der Waals surface area contributed by atoms with E-state index in [0.29, 0.717) is 0 Å². The fourth-order valence-electron chi connectivity index (χ4n) is 2.29. The van der Waals surface area contributed by atoms with Crippen LogP contribution < -0.4 is 5.73 Å². The van der Waals surface area contributed by atoms with Gasteiger partial charge in [-0.25, -0.2) is 0 Å². The van der Waals surface area contributed by atoms with E-state index in [1.807, 2.05) is 13.8 Å². The average Bonchev–Trinajstić information content (AvgIpc) is 2.29. The Kier molecular flexibility index (Phi) is 4.95. The van der Waals surface area contributed by atoms with E-state index < -0.39 is 0 Å². The predicted molar refractivity (Wildman–Crippen MR) is 67.0 cm³/mol. The third-order valence-corrected chi connectivity index (χ3v) is 3.49. The zero-order valence-corrected chi connectivity index (χ0v) is 10.9. The molecule has 1 fully saturated rings. The van der Waals surface area contributed by atoms with Crippen molar-refractivity contribution in [2.75, 3.05) is 19.6 Å². The molecule has 4 heteroatoms. The lowest BCUT2D eigenvalue weighted by Crippen LogP contribution is -2.41. The van der Waals surface area contributed by atoms with Crippen LogP contribution in [0.15, 0.2) is 0 Å². The van der Waals surface area contributed by atoms with Crippen LogP contribution in [0, 0.1) is 22.7 Å². The lowest BCUT2D eigenvalue weighted by molar-refractivity contribution is -0.123. The van der Waals surface area contributed by atoms with Crippen LogP contribution >= 0.6 is 0 Å². The van der Waals surface area contributed by atoms with E-state index in [4.69, 9.17) is 11.0 Å². The summed E-state index contributed by atoms with van der Waals surface area (Å²) in [4.78, 5) is 13.4. The first-order valence-corrected chi connectivity index (χ1v) is 6.37. The molecule has 0 aromatic rings. The summed E-state index contributed by atoms with van der Waals surface area (Å²) in [6, 6.07) is 2.31. The molecular weight excluding hydrogens is 214 g/mol. The number of primary amides is 1. The molecule has 0 aromatic heterocycles. The summed E-state index contributed by atoms with van der Waals surface area (Å²) in [5.74, 6) is -0.153. The van der Waals surface area contributed by atoms with Crippen LogP contribution in [-0.4, -0.2) is 30.4 Å². The van der Waals surface area contributed by atoms with Crippen LogP contribution in [0.5, 0.6) is 0 Å². The summed E-state index contributed by atoms with van der Waals surface area (Å²) in [5.41, 5.74) is 5.10. The summed E-state index contributed by atoms with van der Waals surface area (Å²) < 4.78 is 0. The fraction of sp³-hybridized carbons (Fsp3) is 0.846. The third-order valence-electron chi connectivity index (χ3n) is 3.49. The topological polar surface area (TPSA) is 70.1 Å². The minimum Gasteiger partial charge on any atom is -0.369 e. The number of likely N-dealkylation sites (tertiary alicyclic amines) is 1. The molecule has 1 saturated heterocycles. The van der Waals surface area contributed by atoms with Crippen LogP contribution in [0.1, 0.15) is 39.5 Å². The standard InChI is InChI=1S/C13H23N3O/c1-13(2,10-14)6-4-8-16-7-3-5-11(9-16)12(15)17/h11H,3-9H2,1-2H3,(H2,15,17). The van der Waals surface area contributed by atoms with Crippen molar-refractivity contribution >= 4 is 5.91 Å². The van der Waals surface area contributed by atoms with Gasteiger partial charge in [0.2, 0.25) is 5.91 Å². The lowest BCUT2D eigenvalue weighted by atomic mass is 9.89. The number of carbonyl (C=O) groups is 1. The first-order chi connectivity index (χ1) is 7.94. The highest BCUT2D eigenvalue weighted by Gasteiger charge is 2.24. The second-order valence-corrected chi connectivity index (χ2v) is 5.64. The number of carbonyl (C=O) groups excluding carboxylic acids is 1. The minimum atomic E-state index is -0.237. The van der Waals surface area contributed by atoms with Gasteiger partial charge in [0.1, 0.15) is 0 Å². The van der Waals surface area contributed by atoms with Gasteiger partial charge >= 0.3 is 0 Å². The fourth-order valence-corrected chi connectivity index (χ4v) is 2.29. The first-order valence-electron chi connectivity index (χ1n) is 6.37. The van der Waals surface area contributed by atoms with Gasteiger partial charge in [0.25, 0.3) is 0 Å². The van der Waals surface area contributed by atoms with Gasteiger partial charge in [-0.05, 0) is 52.6 Å². The van der Waals surface area contributed by atoms with Gasteiger partial charge in [0, 0.05) is 6.54 Å². The highest BCUT2D eigenvalue weighted by molar-refractivity contribution is 5.76. The van der Waals surface area contributed by atoms with Crippen molar-refractivity contribution in [3.05, 3.63) is 0 Å². The summed E-state index contributed by atoms with van der Waals surface area (Å²) in [6.45, 7) is 6.75. The highest BCUT2D eigenvalue weighted by atomic mass is 16.1. The van der Waals surface area contributed by atoms with E-state index in [9.17, 15) is 4.79 Å². The number of piperidine rings is 1. The molecule has 1 aliphatic rings. The Morgan fingerprint density at radius 1 is 1.59 bits per heavy atom. The highest BCUT2D eigenvalue weighted by Crippen LogP contribution is 2.22.